The Kier molecular flexibility index (Phi) is 5.02. The first kappa shape index (κ1) is 35.0. The van der Waals surface area contributed by atoms with Crippen LogP contribution in [-0.2, 0) is 21.7 Å². The van der Waals surface area contributed by atoms with E-state index in [2.05, 4.69) is 48.6 Å². The van der Waals surface area contributed by atoms with Gasteiger partial charge in [0, 0.05) is 35.0 Å². The molecule has 9 heteroatoms. The molecule has 2 nitrogen and oxygen atoms in total. The van der Waals surface area contributed by atoms with E-state index in [1.807, 2.05) is 32.0 Å². The molecule has 2 saturated carbocycles. The molecular formula is C58H30F6O2S. The van der Waals surface area contributed by atoms with Gasteiger partial charge in [-0.15, -0.1) is 0 Å². The van der Waals surface area contributed by atoms with Gasteiger partial charge >= 0.3 is 11.7 Å². The first-order valence-electron chi connectivity index (χ1n) is 23.4. The van der Waals surface area contributed by atoms with Gasteiger partial charge in [-0.05, 0) is 191 Å². The van der Waals surface area contributed by atoms with Crippen molar-refractivity contribution in [3.8, 4) is 0 Å². The summed E-state index contributed by atoms with van der Waals surface area (Å²) in [6.07, 6.45) is 3.46. The van der Waals surface area contributed by atoms with Crippen molar-refractivity contribution in [2.45, 2.75) is 71.9 Å². The van der Waals surface area contributed by atoms with Crippen LogP contribution in [0.4, 0.5) is 26.3 Å². The first-order chi connectivity index (χ1) is 32.1. The molecule has 8 aliphatic carbocycles. The fourth-order valence-electron chi connectivity index (χ4n) is 18.2. The van der Waals surface area contributed by atoms with Crippen molar-refractivity contribution in [3.05, 3.63) is 145 Å². The van der Waals surface area contributed by atoms with E-state index in [0.29, 0.717) is 29.7 Å². The molecule has 322 valence electrons. The molecule has 0 radical (unpaired) electrons. The molecule has 0 amide bonds. The smallest absolute Gasteiger partial charge is 0.214 e. The predicted octanol–water partition coefficient (Wildman–Crippen LogP) is 13.9. The first-order valence-corrected chi connectivity index (χ1v) is 24.9. The highest BCUT2D eigenvalue weighted by atomic mass is 32.2. The van der Waals surface area contributed by atoms with Crippen molar-refractivity contribution >= 4 is 108 Å². The minimum Gasteiger partial charge on any atom is -0.214 e. The summed E-state index contributed by atoms with van der Waals surface area (Å²) in [5.74, 6) is 0.867. The van der Waals surface area contributed by atoms with Crippen LogP contribution in [0.25, 0.3) is 97.8 Å². The number of rotatable bonds is 4. The Balaban J connectivity index is 1.06. The topological polar surface area (TPSA) is 34.1 Å². The molecule has 0 aromatic heterocycles. The van der Waals surface area contributed by atoms with Gasteiger partial charge in [0.25, 0.3) is 9.84 Å². The highest BCUT2D eigenvalue weighted by molar-refractivity contribution is 7.92. The second-order valence-corrected chi connectivity index (χ2v) is 23.8. The van der Waals surface area contributed by atoms with Crippen LogP contribution in [0.1, 0.15) is 90.8 Å². The van der Waals surface area contributed by atoms with Crippen molar-refractivity contribution in [2.24, 2.45) is 17.8 Å². The maximum Gasteiger partial charge on any atom is 0.501 e. The minimum absolute atomic E-state index is 0.145. The van der Waals surface area contributed by atoms with E-state index < -0.39 is 55.7 Å². The monoisotopic (exact) mass is 904 g/mol. The highest BCUT2D eigenvalue weighted by Gasteiger charge is 2.72. The molecule has 0 N–H and O–H groups in total. The van der Waals surface area contributed by atoms with E-state index in [1.165, 1.54) is 103 Å². The van der Waals surface area contributed by atoms with Crippen molar-refractivity contribution in [1.82, 2.24) is 0 Å². The molecule has 0 bridgehead atoms. The van der Waals surface area contributed by atoms with Gasteiger partial charge in [-0.2, -0.15) is 26.3 Å². The molecular weight excluding hydrogens is 875 g/mol. The summed E-state index contributed by atoms with van der Waals surface area (Å²) in [6.45, 7) is 3.93. The van der Waals surface area contributed by atoms with Gasteiger partial charge < -0.3 is 0 Å². The Morgan fingerprint density at radius 2 is 1.21 bits per heavy atom. The Hall–Kier alpha value is -6.19. The van der Waals surface area contributed by atoms with E-state index in [4.69, 9.17) is 0 Å². The fraction of sp³-hybridized carbons (Fsp3) is 0.241. The zero-order valence-corrected chi connectivity index (χ0v) is 36.2. The Morgan fingerprint density at radius 1 is 0.567 bits per heavy atom. The fourth-order valence-corrected chi connectivity index (χ4v) is 19.0. The maximum atomic E-state index is 14.7. The lowest BCUT2D eigenvalue weighted by molar-refractivity contribution is -0.127. The third-order valence-corrected chi connectivity index (χ3v) is 20.9. The number of allylic oxidation sites excluding steroid dienone is 3. The van der Waals surface area contributed by atoms with Crippen molar-refractivity contribution < 1.29 is 34.8 Å². The SMILES string of the molecule is Cc1cc(C)cc(C2(c3cc(CC(F)(F)F)cc(S(=O)(=O)C(F)(F)F)c3)C3c4c5c6c7c4c4c(c8ccc9c%10ccc%11c%12c%13c%14c(c7c7c%14c(c%12%10)c9c8c47)=C4C6C(C=C5)C5C=CC%11C%13C45)C32)c1. The van der Waals surface area contributed by atoms with Crippen LogP contribution in [0.2, 0.25) is 0 Å². The Morgan fingerprint density at radius 3 is 1.99 bits per heavy atom. The van der Waals surface area contributed by atoms with Crippen molar-refractivity contribution in [3.63, 3.8) is 0 Å². The van der Waals surface area contributed by atoms with Gasteiger partial charge in [-0.1, -0.05) is 84.0 Å². The number of sulfone groups is 1. The van der Waals surface area contributed by atoms with Gasteiger partial charge in [-0.3, -0.25) is 0 Å². The molecule has 11 aromatic rings. The number of halogens is 6. The summed E-state index contributed by atoms with van der Waals surface area (Å²) in [7, 11) is -6.05. The maximum absolute atomic E-state index is 14.7. The summed E-state index contributed by atoms with van der Waals surface area (Å²) in [4.78, 5) is -1.15. The van der Waals surface area contributed by atoms with Crippen molar-refractivity contribution in [2.75, 3.05) is 0 Å². The lowest BCUT2D eigenvalue weighted by atomic mass is 9.65. The van der Waals surface area contributed by atoms with Gasteiger partial charge in [0.1, 0.15) is 0 Å². The predicted molar refractivity (Wildman–Crippen MR) is 250 cm³/mol. The van der Waals surface area contributed by atoms with Crippen LogP contribution in [0, 0.1) is 31.6 Å². The molecule has 11 aromatic carbocycles. The highest BCUT2D eigenvalue weighted by Crippen LogP contribution is 2.82. The molecule has 9 atom stereocenters. The van der Waals surface area contributed by atoms with Gasteiger partial charge in [0.05, 0.1) is 11.3 Å². The Labute approximate surface area is 375 Å². The summed E-state index contributed by atoms with van der Waals surface area (Å²) in [6, 6.07) is 18.4. The number of alkyl halides is 6. The summed E-state index contributed by atoms with van der Waals surface area (Å²) in [5, 5.41) is 22.1. The van der Waals surface area contributed by atoms with Crippen LogP contribution in [0.15, 0.2) is 83.8 Å². The number of hydrogen-bond donors (Lipinski definition) is 0. The van der Waals surface area contributed by atoms with Gasteiger partial charge in [-0.25, -0.2) is 8.42 Å². The summed E-state index contributed by atoms with van der Waals surface area (Å²) >= 11 is 0. The van der Waals surface area contributed by atoms with Gasteiger partial charge in [0.15, 0.2) is 0 Å². The molecule has 0 heterocycles. The van der Waals surface area contributed by atoms with Crippen LogP contribution >= 0.6 is 0 Å². The molecule has 0 saturated heterocycles. The molecule has 19 rings (SSSR count). The molecule has 8 aliphatic rings. The van der Waals surface area contributed by atoms with E-state index in [9.17, 15) is 34.8 Å². The summed E-state index contributed by atoms with van der Waals surface area (Å²) < 4.78 is 115. The van der Waals surface area contributed by atoms with Crippen LogP contribution < -0.4 is 5.22 Å². The standard InChI is InChI=1S/C58H30F6O2S/c1-18-11-19(2)13-21(12-18)57(22-14-20(17-56(59,60)61)15-23(16-22)67(65,66)58(62,63)64)54-40-30-9-7-28-26-5-3-24-25-4-6-27-29-8-10-31-39-37(29)44-35(27)33(25)42-32(24)34(26)43-36(28)38(30)45-47(40)48(41(31)55(54)57)46(39)53-51(44)49(42)50(43)52(45)53/h3-16,24,26,28,32,34,36,54-55H,17H2,1-2H3. The van der Waals surface area contributed by atoms with Crippen LogP contribution in [0.3, 0.4) is 0 Å². The second kappa shape index (κ2) is 9.60. The average Bonchev–Trinajstić information content (AvgIpc) is 3.85. The van der Waals surface area contributed by atoms with Gasteiger partial charge in [0.2, 0.25) is 0 Å². The van der Waals surface area contributed by atoms with E-state index in [-0.39, 0.29) is 17.4 Å². The number of hydrogen-bond acceptors (Lipinski definition) is 2. The largest absolute Gasteiger partial charge is 0.501 e. The lowest BCUT2D eigenvalue weighted by Gasteiger charge is -2.37. The molecule has 0 aliphatic heterocycles. The van der Waals surface area contributed by atoms with E-state index in [1.54, 1.807) is 11.1 Å². The van der Waals surface area contributed by atoms with Crippen molar-refractivity contribution in [1.29, 1.82) is 0 Å². The quantitative estimate of drug-likeness (QED) is 0.100. The number of fused-ring (bicyclic) bond motifs is 8. The lowest BCUT2D eigenvalue weighted by Crippen LogP contribution is -2.31. The average molecular weight is 905 g/mol. The molecule has 67 heavy (non-hydrogen) atoms. The van der Waals surface area contributed by atoms with Crippen LogP contribution in [0.5, 0.6) is 0 Å². The molecule has 9 unspecified atom stereocenters. The second-order valence-electron chi connectivity index (χ2n) is 21.9. The Bertz CT molecular complexity index is 4590. The summed E-state index contributed by atoms with van der Waals surface area (Å²) in [5.41, 5.74) is 4.62. The third kappa shape index (κ3) is 3.15. The minimum atomic E-state index is -6.05. The van der Waals surface area contributed by atoms with Crippen LogP contribution in [-0.4, -0.2) is 20.1 Å². The number of benzene rings is 7. The zero-order valence-electron chi connectivity index (χ0n) is 35.4. The number of aryl methyl sites for hydroxylation is 2. The zero-order chi connectivity index (χ0) is 44.5. The third-order valence-electron chi connectivity index (χ3n) is 19.5. The van der Waals surface area contributed by atoms with E-state index >= 15 is 0 Å². The molecule has 2 fully saturated rings. The van der Waals surface area contributed by atoms with E-state index in [0.717, 1.165) is 44.8 Å². The molecule has 0 spiro atoms. The normalized spacial score (nSPS) is 29.0.